The highest BCUT2D eigenvalue weighted by atomic mass is 35.5. The Morgan fingerprint density at radius 3 is 2.57 bits per heavy atom. The van der Waals surface area contributed by atoms with E-state index in [1.807, 2.05) is 26.0 Å². The molecule has 1 N–H and O–H groups in total. The molecule has 28 heavy (non-hydrogen) atoms. The molecule has 0 radical (unpaired) electrons. The lowest BCUT2D eigenvalue weighted by Gasteiger charge is -2.39. The molecule has 7 heteroatoms. The van der Waals surface area contributed by atoms with E-state index < -0.39 is 11.4 Å². The van der Waals surface area contributed by atoms with E-state index in [1.54, 1.807) is 4.90 Å². The van der Waals surface area contributed by atoms with Gasteiger partial charge in [0.05, 0.1) is 11.6 Å². The van der Waals surface area contributed by atoms with Crippen LogP contribution in [-0.4, -0.2) is 41.2 Å². The Morgan fingerprint density at radius 1 is 1.25 bits per heavy atom. The van der Waals surface area contributed by atoms with Gasteiger partial charge in [0.25, 0.3) is 5.91 Å². The van der Waals surface area contributed by atoms with Crippen molar-refractivity contribution in [1.29, 1.82) is 0 Å². The summed E-state index contributed by atoms with van der Waals surface area (Å²) in [4.78, 5) is 14.3. The third-order valence-electron chi connectivity index (χ3n) is 4.93. The SMILES string of the molecule is Cc1cc(OCC2(O)CCCN(C(=O)c3ccc(F)c(Cl)c3)C2)cc(C)c1Cl. The fraction of sp³-hybridized carbons (Fsp3) is 0.381. The molecule has 150 valence electrons. The second-order valence-electron chi connectivity index (χ2n) is 7.34. The van der Waals surface area contributed by atoms with Crippen molar-refractivity contribution in [3.8, 4) is 5.75 Å². The molecule has 1 saturated heterocycles. The van der Waals surface area contributed by atoms with Crippen LogP contribution < -0.4 is 4.74 Å². The maximum atomic E-state index is 13.3. The number of aryl methyl sites for hydroxylation is 2. The molecule has 0 spiro atoms. The van der Waals surface area contributed by atoms with Crippen LogP contribution in [0.4, 0.5) is 4.39 Å². The molecule has 1 fully saturated rings. The minimum atomic E-state index is -1.17. The van der Waals surface area contributed by atoms with Crippen LogP contribution >= 0.6 is 23.2 Å². The summed E-state index contributed by atoms with van der Waals surface area (Å²) in [5.41, 5.74) is 0.925. The van der Waals surface area contributed by atoms with Crippen LogP contribution in [-0.2, 0) is 0 Å². The number of halogens is 3. The van der Waals surface area contributed by atoms with E-state index in [9.17, 15) is 14.3 Å². The van der Waals surface area contributed by atoms with E-state index in [0.29, 0.717) is 35.7 Å². The molecule has 1 unspecified atom stereocenters. The maximum absolute atomic E-state index is 13.3. The predicted octanol–water partition coefficient (Wildman–Crippen LogP) is 4.80. The second kappa shape index (κ2) is 8.27. The summed E-state index contributed by atoms with van der Waals surface area (Å²) in [6, 6.07) is 7.52. The van der Waals surface area contributed by atoms with Crippen LogP contribution in [0.25, 0.3) is 0 Å². The van der Waals surface area contributed by atoms with Crippen molar-refractivity contribution < 1.29 is 19.0 Å². The van der Waals surface area contributed by atoms with Crippen molar-refractivity contribution in [2.75, 3.05) is 19.7 Å². The Kier molecular flexibility index (Phi) is 6.18. The average Bonchev–Trinajstić information content (AvgIpc) is 2.66. The zero-order valence-electron chi connectivity index (χ0n) is 15.8. The van der Waals surface area contributed by atoms with Crippen molar-refractivity contribution in [2.24, 2.45) is 0 Å². The van der Waals surface area contributed by atoms with Crippen LogP contribution in [0.1, 0.15) is 34.3 Å². The van der Waals surface area contributed by atoms with E-state index in [-0.39, 0.29) is 24.1 Å². The topological polar surface area (TPSA) is 49.8 Å². The smallest absolute Gasteiger partial charge is 0.254 e. The van der Waals surface area contributed by atoms with Crippen molar-refractivity contribution in [3.05, 3.63) is 62.9 Å². The van der Waals surface area contributed by atoms with Gasteiger partial charge < -0.3 is 14.7 Å². The molecular formula is C21H22Cl2FNO3. The first-order valence-electron chi connectivity index (χ1n) is 9.05. The fourth-order valence-corrected chi connectivity index (χ4v) is 3.71. The predicted molar refractivity (Wildman–Crippen MR) is 108 cm³/mol. The number of carbonyl (C=O) groups excluding carboxylic acids is 1. The van der Waals surface area contributed by atoms with Gasteiger partial charge in [-0.25, -0.2) is 4.39 Å². The van der Waals surface area contributed by atoms with Gasteiger partial charge in [0.1, 0.15) is 23.8 Å². The van der Waals surface area contributed by atoms with E-state index >= 15 is 0 Å². The van der Waals surface area contributed by atoms with Crippen molar-refractivity contribution in [2.45, 2.75) is 32.3 Å². The summed E-state index contributed by atoms with van der Waals surface area (Å²) in [7, 11) is 0. The van der Waals surface area contributed by atoms with E-state index in [2.05, 4.69) is 0 Å². The second-order valence-corrected chi connectivity index (χ2v) is 8.13. The highest BCUT2D eigenvalue weighted by Gasteiger charge is 2.36. The van der Waals surface area contributed by atoms with Gasteiger partial charge in [0.2, 0.25) is 0 Å². The van der Waals surface area contributed by atoms with Gasteiger partial charge in [-0.05, 0) is 68.1 Å². The standard InChI is InChI=1S/C21H22Cl2FNO3/c1-13-8-16(9-14(2)19(13)23)28-12-21(27)6-3-7-25(11-21)20(26)15-4-5-18(24)17(22)10-15/h4-5,8-10,27H,3,6-7,11-12H2,1-2H3. The van der Waals surface area contributed by atoms with E-state index in [0.717, 1.165) is 11.1 Å². The maximum Gasteiger partial charge on any atom is 0.254 e. The lowest BCUT2D eigenvalue weighted by Crippen LogP contribution is -2.53. The molecule has 1 amide bonds. The van der Waals surface area contributed by atoms with Gasteiger partial charge in [-0.2, -0.15) is 0 Å². The van der Waals surface area contributed by atoms with Crippen molar-refractivity contribution in [1.82, 2.24) is 4.90 Å². The summed E-state index contributed by atoms with van der Waals surface area (Å²) < 4.78 is 19.2. The number of hydrogen-bond donors (Lipinski definition) is 1. The van der Waals surface area contributed by atoms with Crippen LogP contribution in [0.15, 0.2) is 30.3 Å². The normalized spacial score (nSPS) is 19.6. The first-order chi connectivity index (χ1) is 13.2. The highest BCUT2D eigenvalue weighted by molar-refractivity contribution is 6.32. The number of ether oxygens (including phenoxy) is 1. The van der Waals surface area contributed by atoms with Gasteiger partial charge in [0, 0.05) is 17.1 Å². The fourth-order valence-electron chi connectivity index (χ4n) is 3.42. The molecular weight excluding hydrogens is 404 g/mol. The summed E-state index contributed by atoms with van der Waals surface area (Å²) in [5.74, 6) is -0.241. The number of nitrogens with zero attached hydrogens (tertiary/aromatic N) is 1. The first-order valence-corrected chi connectivity index (χ1v) is 9.80. The number of aliphatic hydroxyl groups is 1. The van der Waals surface area contributed by atoms with Gasteiger partial charge in [-0.3, -0.25) is 4.79 Å². The summed E-state index contributed by atoms with van der Waals surface area (Å²) in [5, 5.41) is 11.6. The number of rotatable bonds is 4. The molecule has 1 heterocycles. The zero-order valence-corrected chi connectivity index (χ0v) is 17.3. The Hall–Kier alpha value is -1.82. The Morgan fingerprint density at radius 2 is 1.93 bits per heavy atom. The van der Waals surface area contributed by atoms with E-state index in [4.69, 9.17) is 27.9 Å². The largest absolute Gasteiger partial charge is 0.491 e. The van der Waals surface area contributed by atoms with Crippen LogP contribution in [0.3, 0.4) is 0 Å². The summed E-state index contributed by atoms with van der Waals surface area (Å²) >= 11 is 12.0. The Balaban J connectivity index is 1.69. The van der Waals surface area contributed by atoms with Crippen molar-refractivity contribution in [3.63, 3.8) is 0 Å². The molecule has 2 aromatic rings. The number of carbonyl (C=O) groups is 1. The van der Waals surface area contributed by atoms with Crippen LogP contribution in [0.5, 0.6) is 5.75 Å². The van der Waals surface area contributed by atoms with Gasteiger partial charge in [-0.1, -0.05) is 23.2 Å². The molecule has 0 aliphatic carbocycles. The minimum absolute atomic E-state index is 0.0570. The van der Waals surface area contributed by atoms with Crippen molar-refractivity contribution >= 4 is 29.1 Å². The molecule has 1 aliphatic rings. The van der Waals surface area contributed by atoms with Crippen LogP contribution in [0.2, 0.25) is 10.0 Å². The molecule has 0 saturated carbocycles. The molecule has 1 aliphatic heterocycles. The monoisotopic (exact) mass is 425 g/mol. The van der Waals surface area contributed by atoms with Gasteiger partial charge >= 0.3 is 0 Å². The number of hydrogen-bond acceptors (Lipinski definition) is 3. The van der Waals surface area contributed by atoms with Gasteiger partial charge in [-0.15, -0.1) is 0 Å². The number of piperidine rings is 1. The summed E-state index contributed by atoms with van der Waals surface area (Å²) in [6.45, 7) is 4.49. The highest BCUT2D eigenvalue weighted by Crippen LogP contribution is 2.28. The molecule has 1 atom stereocenters. The summed E-state index contributed by atoms with van der Waals surface area (Å²) in [6.07, 6.45) is 1.16. The first kappa shape index (κ1) is 20.9. The molecule has 0 bridgehead atoms. The third-order valence-corrected chi connectivity index (χ3v) is 5.81. The molecule has 4 nitrogen and oxygen atoms in total. The third kappa shape index (κ3) is 4.59. The average molecular weight is 426 g/mol. The van der Waals surface area contributed by atoms with Crippen LogP contribution in [0, 0.1) is 19.7 Å². The molecule has 2 aromatic carbocycles. The number of benzene rings is 2. The Labute approximate surface area is 173 Å². The molecule has 3 rings (SSSR count). The zero-order chi connectivity index (χ0) is 20.5. The number of amides is 1. The lowest BCUT2D eigenvalue weighted by atomic mass is 9.93. The number of β-amino-alcohol motifs (C(OH)–C–C–N with tert-alkyl or cyclic N) is 1. The van der Waals surface area contributed by atoms with Gasteiger partial charge in [0.15, 0.2) is 0 Å². The molecule has 0 aromatic heterocycles. The Bertz CT molecular complexity index is 882. The quantitative estimate of drug-likeness (QED) is 0.765. The minimum Gasteiger partial charge on any atom is -0.491 e. The van der Waals surface area contributed by atoms with E-state index in [1.165, 1.54) is 18.2 Å². The lowest BCUT2D eigenvalue weighted by molar-refractivity contribution is -0.0532. The number of likely N-dealkylation sites (tertiary alicyclic amines) is 1.